The fourth-order valence-electron chi connectivity index (χ4n) is 2.55. The predicted molar refractivity (Wildman–Crippen MR) is 70.5 cm³/mol. The molecule has 2 heteroatoms. The molecule has 0 aromatic heterocycles. The minimum atomic E-state index is 0.820. The number of nitrogens with two attached hydrogens (primary N) is 1. The second-order valence-electron chi connectivity index (χ2n) is 5.12. The van der Waals surface area contributed by atoms with E-state index in [1.807, 2.05) is 0 Å². The number of benzene rings is 1. The van der Waals surface area contributed by atoms with Crippen LogP contribution in [0.3, 0.4) is 0 Å². The van der Waals surface area contributed by atoms with Gasteiger partial charge < -0.3 is 10.1 Å². The van der Waals surface area contributed by atoms with Gasteiger partial charge in [-0.3, -0.25) is 0 Å². The van der Waals surface area contributed by atoms with Crippen molar-refractivity contribution in [3.63, 3.8) is 0 Å². The lowest BCUT2D eigenvalue weighted by Gasteiger charge is -2.12. The Balaban J connectivity index is 1.72. The van der Waals surface area contributed by atoms with Crippen molar-refractivity contribution in [2.45, 2.75) is 45.6 Å². The average Bonchev–Trinajstić information content (AvgIpc) is 2.83. The average molecular weight is 234 g/mol. The van der Waals surface area contributed by atoms with Gasteiger partial charge in [-0.25, -0.2) is 0 Å². The molecule has 0 spiro atoms. The molecule has 0 unspecified atom stereocenters. The second-order valence-corrected chi connectivity index (χ2v) is 5.12. The maximum absolute atomic E-state index is 5.85. The first-order valence-electron chi connectivity index (χ1n) is 6.79. The lowest BCUT2D eigenvalue weighted by Crippen LogP contribution is -2.90. The number of ether oxygens (including phenoxy) is 1. The molecular weight excluding hydrogens is 210 g/mol. The van der Waals surface area contributed by atoms with E-state index in [1.165, 1.54) is 36.8 Å². The summed E-state index contributed by atoms with van der Waals surface area (Å²) in [4.78, 5) is 0. The monoisotopic (exact) mass is 234 g/mol. The molecule has 0 bridgehead atoms. The van der Waals surface area contributed by atoms with E-state index in [0.717, 1.165) is 24.9 Å². The summed E-state index contributed by atoms with van der Waals surface area (Å²) in [6.07, 6.45) is 5.62. The Labute approximate surface area is 104 Å². The van der Waals surface area contributed by atoms with Crippen LogP contribution in [0, 0.1) is 13.8 Å². The van der Waals surface area contributed by atoms with Gasteiger partial charge in [0.1, 0.15) is 18.9 Å². The smallest absolute Gasteiger partial charge is 0.137 e. The van der Waals surface area contributed by atoms with Crippen molar-refractivity contribution < 1.29 is 10.1 Å². The molecule has 2 N–H and O–H groups in total. The summed E-state index contributed by atoms with van der Waals surface area (Å²) in [5, 5.41) is 2.46. The molecule has 1 aliphatic rings. The Morgan fingerprint density at radius 2 is 2.00 bits per heavy atom. The van der Waals surface area contributed by atoms with Crippen LogP contribution in [0.5, 0.6) is 5.75 Å². The molecule has 2 nitrogen and oxygen atoms in total. The van der Waals surface area contributed by atoms with E-state index in [0.29, 0.717) is 0 Å². The third-order valence-electron chi connectivity index (χ3n) is 3.83. The predicted octanol–water partition coefficient (Wildman–Crippen LogP) is 2.19. The van der Waals surface area contributed by atoms with Gasteiger partial charge in [0.05, 0.1) is 6.04 Å². The van der Waals surface area contributed by atoms with Crippen LogP contribution in [0.1, 0.15) is 36.8 Å². The van der Waals surface area contributed by atoms with Gasteiger partial charge in [0.25, 0.3) is 0 Å². The van der Waals surface area contributed by atoms with Gasteiger partial charge in [-0.15, -0.1) is 0 Å². The highest BCUT2D eigenvalue weighted by Crippen LogP contribution is 2.20. The normalized spacial score (nSPS) is 16.4. The van der Waals surface area contributed by atoms with Gasteiger partial charge in [0.2, 0.25) is 0 Å². The van der Waals surface area contributed by atoms with Gasteiger partial charge in [0, 0.05) is 0 Å². The maximum Gasteiger partial charge on any atom is 0.137 e. The topological polar surface area (TPSA) is 25.8 Å². The highest BCUT2D eigenvalue weighted by Gasteiger charge is 2.16. The van der Waals surface area contributed by atoms with Gasteiger partial charge in [-0.05, 0) is 56.7 Å². The molecule has 0 radical (unpaired) electrons. The highest BCUT2D eigenvalue weighted by atomic mass is 16.5. The summed E-state index contributed by atoms with van der Waals surface area (Å²) in [6.45, 7) is 6.16. The fraction of sp³-hybridized carbons (Fsp3) is 0.600. The summed E-state index contributed by atoms with van der Waals surface area (Å²) in [5.74, 6) is 1.05. The van der Waals surface area contributed by atoms with Crippen LogP contribution in [0.15, 0.2) is 18.2 Å². The van der Waals surface area contributed by atoms with Crippen LogP contribution < -0.4 is 10.1 Å². The first kappa shape index (κ1) is 12.4. The summed E-state index contributed by atoms with van der Waals surface area (Å²) in [7, 11) is 0. The van der Waals surface area contributed by atoms with E-state index in [4.69, 9.17) is 4.74 Å². The Morgan fingerprint density at radius 3 is 2.76 bits per heavy atom. The van der Waals surface area contributed by atoms with E-state index in [1.54, 1.807) is 0 Å². The molecule has 1 saturated carbocycles. The first-order chi connectivity index (χ1) is 8.27. The maximum atomic E-state index is 5.85. The van der Waals surface area contributed by atoms with Crippen molar-refractivity contribution >= 4 is 0 Å². The lowest BCUT2D eigenvalue weighted by molar-refractivity contribution is -0.688. The summed E-state index contributed by atoms with van der Waals surface area (Å²) >= 11 is 0. The quantitative estimate of drug-likeness (QED) is 0.776. The van der Waals surface area contributed by atoms with Gasteiger partial charge in [0.15, 0.2) is 0 Å². The van der Waals surface area contributed by atoms with E-state index in [-0.39, 0.29) is 0 Å². The molecule has 0 saturated heterocycles. The van der Waals surface area contributed by atoms with Gasteiger partial charge in [-0.2, -0.15) is 0 Å². The molecule has 94 valence electrons. The SMILES string of the molecule is Cc1cccc(OCC[NH2+]C2CCCC2)c1C. The van der Waals surface area contributed by atoms with Crippen LogP contribution in [-0.2, 0) is 0 Å². The molecule has 1 aromatic carbocycles. The van der Waals surface area contributed by atoms with Crippen molar-refractivity contribution in [2.24, 2.45) is 0 Å². The molecule has 17 heavy (non-hydrogen) atoms. The molecule has 1 aromatic rings. The molecule has 0 amide bonds. The van der Waals surface area contributed by atoms with Crippen molar-refractivity contribution in [3.05, 3.63) is 29.3 Å². The van der Waals surface area contributed by atoms with Crippen LogP contribution in [0.4, 0.5) is 0 Å². The molecule has 1 fully saturated rings. The standard InChI is InChI=1S/C15H23NO/c1-12-6-5-9-15(13(12)2)17-11-10-16-14-7-3-4-8-14/h5-6,9,14,16H,3-4,7-8,10-11H2,1-2H3/p+1. The Kier molecular flexibility index (Phi) is 4.43. The van der Waals surface area contributed by atoms with Crippen molar-refractivity contribution in [1.82, 2.24) is 0 Å². The molecule has 0 atom stereocenters. The van der Waals surface area contributed by atoms with E-state index >= 15 is 0 Å². The molecule has 1 aliphatic carbocycles. The summed E-state index contributed by atoms with van der Waals surface area (Å²) in [5.41, 5.74) is 2.58. The Morgan fingerprint density at radius 1 is 1.24 bits per heavy atom. The van der Waals surface area contributed by atoms with Crippen molar-refractivity contribution in [3.8, 4) is 5.75 Å². The van der Waals surface area contributed by atoms with E-state index in [9.17, 15) is 0 Å². The van der Waals surface area contributed by atoms with Crippen molar-refractivity contribution in [1.29, 1.82) is 0 Å². The molecule has 2 rings (SSSR count). The van der Waals surface area contributed by atoms with Gasteiger partial charge >= 0.3 is 0 Å². The fourth-order valence-corrected chi connectivity index (χ4v) is 2.55. The number of rotatable bonds is 5. The Hall–Kier alpha value is -1.02. The van der Waals surface area contributed by atoms with E-state index < -0.39 is 0 Å². The highest BCUT2D eigenvalue weighted by molar-refractivity contribution is 5.38. The summed E-state index contributed by atoms with van der Waals surface area (Å²) in [6, 6.07) is 7.13. The zero-order valence-corrected chi connectivity index (χ0v) is 11.0. The third-order valence-corrected chi connectivity index (χ3v) is 3.83. The largest absolute Gasteiger partial charge is 0.487 e. The van der Waals surface area contributed by atoms with E-state index in [2.05, 4.69) is 37.4 Å². The zero-order valence-electron chi connectivity index (χ0n) is 11.0. The summed E-state index contributed by atoms with van der Waals surface area (Å²) < 4.78 is 5.85. The number of hydrogen-bond donors (Lipinski definition) is 1. The first-order valence-corrected chi connectivity index (χ1v) is 6.79. The second kappa shape index (κ2) is 6.06. The van der Waals surface area contributed by atoms with Crippen molar-refractivity contribution in [2.75, 3.05) is 13.2 Å². The number of aryl methyl sites for hydroxylation is 1. The molecule has 0 heterocycles. The minimum absolute atomic E-state index is 0.820. The van der Waals surface area contributed by atoms with Crippen LogP contribution in [0.2, 0.25) is 0 Å². The minimum Gasteiger partial charge on any atom is -0.487 e. The Bertz CT molecular complexity index is 356. The number of hydrogen-bond acceptors (Lipinski definition) is 1. The van der Waals surface area contributed by atoms with Crippen LogP contribution in [-0.4, -0.2) is 19.2 Å². The van der Waals surface area contributed by atoms with Crippen LogP contribution in [0.25, 0.3) is 0 Å². The third kappa shape index (κ3) is 3.47. The zero-order chi connectivity index (χ0) is 12.1. The lowest BCUT2D eigenvalue weighted by atomic mass is 10.1. The number of quaternary nitrogens is 1. The van der Waals surface area contributed by atoms with Gasteiger partial charge in [-0.1, -0.05) is 12.1 Å². The molecular formula is C15H24NO+. The molecule has 0 aliphatic heterocycles. The van der Waals surface area contributed by atoms with Crippen LogP contribution >= 0.6 is 0 Å².